The molecule has 108 valence electrons. The molecule has 0 bridgehead atoms. The van der Waals surface area contributed by atoms with Gasteiger partial charge >= 0.3 is 5.97 Å². The largest absolute Gasteiger partial charge is 0.468 e. The van der Waals surface area contributed by atoms with E-state index in [1.54, 1.807) is 0 Å². The monoisotopic (exact) mass is 298 g/mol. The van der Waals surface area contributed by atoms with Crippen LogP contribution >= 0.6 is 0 Å². The fraction of sp³-hybridized carbons (Fsp3) is 0.333. The number of esters is 1. The molecule has 0 radical (unpaired) electrons. The van der Waals surface area contributed by atoms with Crippen LogP contribution < -0.4 is 10.0 Å². The second-order valence-corrected chi connectivity index (χ2v) is 6.12. The molecule has 1 aromatic carbocycles. The second kappa shape index (κ2) is 5.22. The van der Waals surface area contributed by atoms with Crippen molar-refractivity contribution in [1.82, 2.24) is 4.72 Å². The lowest BCUT2D eigenvalue weighted by Gasteiger charge is -2.12. The minimum atomic E-state index is -3.84. The summed E-state index contributed by atoms with van der Waals surface area (Å²) in [5.74, 6) is -0.850. The number of anilines is 1. The van der Waals surface area contributed by atoms with Crippen molar-refractivity contribution in [1.29, 1.82) is 0 Å². The highest BCUT2D eigenvalue weighted by Gasteiger charge is 2.25. The van der Waals surface area contributed by atoms with Gasteiger partial charge in [-0.2, -0.15) is 4.72 Å². The summed E-state index contributed by atoms with van der Waals surface area (Å²) in [5, 5.41) is 2.62. The molecule has 0 saturated heterocycles. The molecule has 1 amide bonds. The van der Waals surface area contributed by atoms with Crippen LogP contribution in [0.25, 0.3) is 0 Å². The normalized spacial score (nSPS) is 15.4. The molecule has 1 aromatic rings. The zero-order valence-corrected chi connectivity index (χ0v) is 11.8. The van der Waals surface area contributed by atoms with Crippen molar-refractivity contribution in [2.75, 3.05) is 12.4 Å². The lowest BCUT2D eigenvalue weighted by molar-refractivity contribution is -0.142. The molecule has 0 aromatic heterocycles. The highest BCUT2D eigenvalue weighted by Crippen LogP contribution is 2.25. The van der Waals surface area contributed by atoms with E-state index in [0.29, 0.717) is 11.3 Å². The number of hydrogen-bond donors (Lipinski definition) is 2. The molecule has 0 spiro atoms. The summed E-state index contributed by atoms with van der Waals surface area (Å²) < 4.78 is 30.9. The Morgan fingerprint density at radius 3 is 2.80 bits per heavy atom. The molecule has 2 N–H and O–H groups in total. The Balaban J connectivity index is 2.25. The first-order chi connectivity index (χ1) is 9.33. The molecule has 0 fully saturated rings. The Hall–Kier alpha value is -1.93. The topological polar surface area (TPSA) is 102 Å². The number of carbonyl (C=O) groups excluding carboxylic acids is 2. The molecular formula is C12H14N2O5S. The summed E-state index contributed by atoms with van der Waals surface area (Å²) in [7, 11) is -2.66. The van der Waals surface area contributed by atoms with Crippen LogP contribution in [0.4, 0.5) is 5.69 Å². The van der Waals surface area contributed by atoms with Crippen LogP contribution in [0.5, 0.6) is 0 Å². The van der Waals surface area contributed by atoms with E-state index < -0.39 is 22.0 Å². The van der Waals surface area contributed by atoms with E-state index in [1.165, 1.54) is 32.2 Å². The number of carbonyl (C=O) groups is 2. The first kappa shape index (κ1) is 14.5. The number of benzene rings is 1. The van der Waals surface area contributed by atoms with Gasteiger partial charge in [-0.25, -0.2) is 8.42 Å². The number of amides is 1. The van der Waals surface area contributed by atoms with E-state index in [9.17, 15) is 18.0 Å². The lowest BCUT2D eigenvalue weighted by Crippen LogP contribution is -2.39. The molecule has 1 aliphatic heterocycles. The van der Waals surface area contributed by atoms with E-state index in [2.05, 4.69) is 14.8 Å². The summed E-state index contributed by atoms with van der Waals surface area (Å²) in [4.78, 5) is 22.5. The molecule has 2 rings (SSSR count). The summed E-state index contributed by atoms with van der Waals surface area (Å²) in [5.41, 5.74) is 1.22. The highest BCUT2D eigenvalue weighted by atomic mass is 32.2. The van der Waals surface area contributed by atoms with Crippen molar-refractivity contribution < 1.29 is 22.7 Å². The van der Waals surface area contributed by atoms with Crippen LogP contribution in [0.15, 0.2) is 23.1 Å². The summed E-state index contributed by atoms with van der Waals surface area (Å²) in [6.45, 7) is 1.39. The molecule has 20 heavy (non-hydrogen) atoms. The van der Waals surface area contributed by atoms with Gasteiger partial charge < -0.3 is 10.1 Å². The minimum Gasteiger partial charge on any atom is -0.468 e. The Kier molecular flexibility index (Phi) is 3.78. The number of ether oxygens (including phenoxy) is 1. The van der Waals surface area contributed by atoms with Crippen molar-refractivity contribution in [3.63, 3.8) is 0 Å². The third kappa shape index (κ3) is 2.81. The Labute approximate surface area is 116 Å². The van der Waals surface area contributed by atoms with Crippen molar-refractivity contribution in [2.24, 2.45) is 0 Å². The molecular weight excluding hydrogens is 284 g/mol. The van der Waals surface area contributed by atoms with Crippen molar-refractivity contribution in [3.05, 3.63) is 23.8 Å². The molecule has 1 unspecified atom stereocenters. The van der Waals surface area contributed by atoms with Crippen molar-refractivity contribution in [2.45, 2.75) is 24.3 Å². The van der Waals surface area contributed by atoms with Crippen LogP contribution in [0.1, 0.15) is 12.5 Å². The van der Waals surface area contributed by atoms with Gasteiger partial charge in [0.15, 0.2) is 0 Å². The number of nitrogens with one attached hydrogen (secondary N) is 2. The SMILES string of the molecule is COC(=O)C(C)NS(=O)(=O)c1ccc2c(c1)CC(=O)N2. The standard InChI is InChI=1S/C12H14N2O5S/c1-7(12(16)19-2)14-20(17,18)9-3-4-10-8(5-9)6-11(15)13-10/h3-5,7,14H,6H2,1-2H3,(H,13,15). The van der Waals surface area contributed by atoms with Gasteiger partial charge in [0.25, 0.3) is 0 Å². The zero-order valence-electron chi connectivity index (χ0n) is 11.0. The predicted molar refractivity (Wildman–Crippen MR) is 70.6 cm³/mol. The first-order valence-electron chi connectivity index (χ1n) is 5.86. The Morgan fingerprint density at radius 2 is 2.15 bits per heavy atom. The fourth-order valence-electron chi connectivity index (χ4n) is 1.90. The Morgan fingerprint density at radius 1 is 1.45 bits per heavy atom. The highest BCUT2D eigenvalue weighted by molar-refractivity contribution is 7.89. The van der Waals surface area contributed by atoms with Crippen molar-refractivity contribution in [3.8, 4) is 0 Å². The van der Waals surface area contributed by atoms with Gasteiger partial charge in [-0.3, -0.25) is 9.59 Å². The molecule has 0 saturated carbocycles. The Bertz CT molecular complexity index is 668. The average molecular weight is 298 g/mol. The van der Waals surface area contributed by atoms with Crippen LogP contribution in [0.2, 0.25) is 0 Å². The molecule has 1 aliphatic rings. The fourth-order valence-corrected chi connectivity index (χ4v) is 3.14. The van der Waals surface area contributed by atoms with Crippen LogP contribution in [0, 0.1) is 0 Å². The van der Waals surface area contributed by atoms with Crippen molar-refractivity contribution >= 4 is 27.6 Å². The van der Waals surface area contributed by atoms with Gasteiger partial charge in [-0.1, -0.05) is 0 Å². The van der Waals surface area contributed by atoms with E-state index in [1.807, 2.05) is 0 Å². The summed E-state index contributed by atoms with van der Waals surface area (Å²) >= 11 is 0. The van der Waals surface area contributed by atoms with Gasteiger partial charge in [0, 0.05) is 5.69 Å². The molecule has 1 heterocycles. The molecule has 7 nitrogen and oxygen atoms in total. The van der Waals surface area contributed by atoms with Gasteiger partial charge in [0.2, 0.25) is 15.9 Å². The maximum absolute atomic E-state index is 12.1. The number of hydrogen-bond acceptors (Lipinski definition) is 5. The van der Waals surface area contributed by atoms with Gasteiger partial charge in [-0.15, -0.1) is 0 Å². The maximum atomic E-state index is 12.1. The van der Waals surface area contributed by atoms with Crippen LogP contribution in [-0.4, -0.2) is 33.4 Å². The van der Waals surface area contributed by atoms with Crippen LogP contribution in [0.3, 0.4) is 0 Å². The van der Waals surface area contributed by atoms with E-state index in [0.717, 1.165) is 0 Å². The number of rotatable bonds is 4. The molecule has 8 heteroatoms. The number of fused-ring (bicyclic) bond motifs is 1. The average Bonchev–Trinajstić information content (AvgIpc) is 2.76. The quantitative estimate of drug-likeness (QED) is 0.763. The summed E-state index contributed by atoms with van der Waals surface area (Å²) in [6, 6.07) is 3.33. The number of sulfonamides is 1. The predicted octanol–water partition coefficient (Wildman–Crippen LogP) is 0.0210. The van der Waals surface area contributed by atoms with Gasteiger partial charge in [0.1, 0.15) is 6.04 Å². The van der Waals surface area contributed by atoms with E-state index in [4.69, 9.17) is 0 Å². The third-order valence-electron chi connectivity index (χ3n) is 2.90. The van der Waals surface area contributed by atoms with Gasteiger partial charge in [0.05, 0.1) is 18.4 Å². The minimum absolute atomic E-state index is 0.00324. The molecule has 0 aliphatic carbocycles. The first-order valence-corrected chi connectivity index (χ1v) is 7.35. The zero-order chi connectivity index (χ0) is 14.9. The van der Waals surface area contributed by atoms with Crippen LogP contribution in [-0.2, 0) is 30.8 Å². The maximum Gasteiger partial charge on any atom is 0.323 e. The third-order valence-corrected chi connectivity index (χ3v) is 4.44. The summed E-state index contributed by atoms with van der Waals surface area (Å²) in [6.07, 6.45) is 0.144. The number of methoxy groups -OCH3 is 1. The molecule has 1 atom stereocenters. The van der Waals surface area contributed by atoms with E-state index in [-0.39, 0.29) is 17.2 Å². The second-order valence-electron chi connectivity index (χ2n) is 4.41. The van der Waals surface area contributed by atoms with Gasteiger partial charge in [-0.05, 0) is 30.7 Å². The smallest absolute Gasteiger partial charge is 0.323 e. The lowest BCUT2D eigenvalue weighted by atomic mass is 10.2. The van der Waals surface area contributed by atoms with E-state index >= 15 is 0 Å².